The molecular formula is C21H22B3Cl2N7O2S. The molecule has 1 aromatic carbocycles. The van der Waals surface area contributed by atoms with Crippen LogP contribution in [0.4, 0.5) is 5.95 Å². The number of hydrogen-bond acceptors (Lipinski definition) is 7. The number of anilines is 1. The Balaban J connectivity index is 1.48. The Kier molecular flexibility index (Phi) is 8.06. The average Bonchev–Trinajstić information content (AvgIpc) is 3.28. The van der Waals surface area contributed by atoms with Crippen LogP contribution >= 0.6 is 23.2 Å². The molecule has 0 unspecified atom stereocenters. The Labute approximate surface area is 224 Å². The van der Waals surface area contributed by atoms with Crippen molar-refractivity contribution in [1.82, 2.24) is 29.4 Å². The highest BCUT2D eigenvalue weighted by atomic mass is 35.5. The Morgan fingerprint density at radius 2 is 1.86 bits per heavy atom. The first-order valence-corrected chi connectivity index (χ1v) is 13.7. The smallest absolute Gasteiger partial charge is 0.223 e. The lowest BCUT2D eigenvalue weighted by atomic mass is 9.49. The minimum Gasteiger partial charge on any atom is -0.351 e. The van der Waals surface area contributed by atoms with Crippen LogP contribution in [-0.2, 0) is 16.6 Å². The zero-order valence-corrected chi connectivity index (χ0v) is 21.9. The number of sulfonamides is 1. The number of nitrogens with zero attached hydrogens (tertiary/aromatic N) is 5. The fraction of sp³-hybridized carbons (Fsp3) is 0.381. The maximum Gasteiger partial charge on any atom is 0.223 e. The Bertz CT molecular complexity index is 1340. The summed E-state index contributed by atoms with van der Waals surface area (Å²) in [5.41, 5.74) is 2.69. The lowest BCUT2D eigenvalue weighted by Crippen LogP contribution is -2.46. The lowest BCUT2D eigenvalue weighted by Gasteiger charge is -2.30. The normalized spacial score (nSPS) is 15.8. The van der Waals surface area contributed by atoms with Crippen LogP contribution in [0.3, 0.4) is 0 Å². The van der Waals surface area contributed by atoms with Crippen LogP contribution in [0.1, 0.15) is 18.4 Å². The van der Waals surface area contributed by atoms with Gasteiger partial charge in [0.25, 0.3) is 0 Å². The number of benzene rings is 1. The quantitative estimate of drug-likeness (QED) is 0.420. The number of nitrogens with one attached hydrogen (secondary N) is 2. The first kappa shape index (κ1) is 27.0. The van der Waals surface area contributed by atoms with Gasteiger partial charge in [0.1, 0.15) is 0 Å². The molecule has 3 heterocycles. The molecule has 6 radical (unpaired) electrons. The van der Waals surface area contributed by atoms with Crippen LogP contribution in [-0.4, -0.2) is 86.6 Å². The molecule has 182 valence electrons. The zero-order chi connectivity index (χ0) is 26.1. The van der Waals surface area contributed by atoms with E-state index in [4.69, 9.17) is 46.7 Å². The molecule has 1 aliphatic rings. The third kappa shape index (κ3) is 6.83. The first-order valence-electron chi connectivity index (χ1n) is 11.1. The second-order valence-corrected chi connectivity index (χ2v) is 11.5. The molecule has 2 aromatic heterocycles. The molecule has 0 amide bonds. The summed E-state index contributed by atoms with van der Waals surface area (Å²) >= 11 is 12.9. The third-order valence-corrected chi connectivity index (χ3v) is 7.60. The molecule has 1 saturated heterocycles. The third-order valence-electron chi connectivity index (χ3n) is 5.71. The average molecular weight is 540 g/mol. The van der Waals surface area contributed by atoms with E-state index in [1.807, 2.05) is 12.1 Å². The van der Waals surface area contributed by atoms with Crippen molar-refractivity contribution in [3.8, 4) is 16.9 Å². The van der Waals surface area contributed by atoms with E-state index in [1.54, 1.807) is 23.1 Å². The van der Waals surface area contributed by atoms with Gasteiger partial charge in [-0.25, -0.2) is 27.4 Å². The molecule has 0 bridgehead atoms. The van der Waals surface area contributed by atoms with Crippen LogP contribution in [0.2, 0.25) is 10.0 Å². The van der Waals surface area contributed by atoms with E-state index >= 15 is 0 Å². The number of hydrogen-bond donors (Lipinski definition) is 2. The SMILES string of the molecule is [B]C([B])([B])NCc1ccc(-n2cc(-c3nc(NC4CCN(S(C)(=O)=O)CC4)ncc3Cl)cn2)c(Cl)c1. The van der Waals surface area contributed by atoms with Crippen LogP contribution in [0.5, 0.6) is 0 Å². The predicted molar refractivity (Wildman–Crippen MR) is 145 cm³/mol. The van der Waals surface area contributed by atoms with Gasteiger partial charge in [-0.2, -0.15) is 5.10 Å². The highest BCUT2D eigenvalue weighted by Gasteiger charge is 2.25. The molecule has 1 aliphatic heterocycles. The molecule has 15 heteroatoms. The van der Waals surface area contributed by atoms with Gasteiger partial charge in [0.15, 0.2) is 0 Å². The van der Waals surface area contributed by atoms with Crippen molar-refractivity contribution in [1.29, 1.82) is 0 Å². The fourth-order valence-electron chi connectivity index (χ4n) is 3.83. The van der Waals surface area contributed by atoms with Gasteiger partial charge in [-0.3, -0.25) is 0 Å². The van der Waals surface area contributed by atoms with Gasteiger partial charge in [0.05, 0.1) is 63.6 Å². The number of halogens is 2. The second-order valence-electron chi connectivity index (χ2n) is 8.72. The summed E-state index contributed by atoms with van der Waals surface area (Å²) in [7, 11) is 13.4. The van der Waals surface area contributed by atoms with E-state index in [9.17, 15) is 8.42 Å². The van der Waals surface area contributed by atoms with Crippen molar-refractivity contribution in [2.75, 3.05) is 24.7 Å². The molecule has 3 aromatic rings. The van der Waals surface area contributed by atoms with Crippen LogP contribution in [0, 0.1) is 0 Å². The monoisotopic (exact) mass is 539 g/mol. The molecular weight excluding hydrogens is 518 g/mol. The van der Waals surface area contributed by atoms with Crippen molar-refractivity contribution >= 4 is 62.7 Å². The predicted octanol–water partition coefficient (Wildman–Crippen LogP) is 1.68. The van der Waals surface area contributed by atoms with Gasteiger partial charge in [-0.15, -0.1) is 0 Å². The summed E-state index contributed by atoms with van der Waals surface area (Å²) in [6.07, 6.45) is 7.46. The van der Waals surface area contributed by atoms with E-state index in [0.29, 0.717) is 65.4 Å². The number of rotatable bonds is 8. The summed E-state index contributed by atoms with van der Waals surface area (Å²) in [6, 6.07) is 5.50. The minimum atomic E-state index is -3.19. The standard InChI is InChI=1S/C21H22B3Cl2N7O2S/c1-36(34,35)32-6-4-15(5-7-32)30-20-27-11-17(26)19(31-20)14-10-29-33(12-14)18-3-2-13(8-16(18)25)9-28-21(22,23)24/h2-3,8,10-12,15,28H,4-7,9H2,1H3,(H,27,30,31). The number of aromatic nitrogens is 4. The Morgan fingerprint density at radius 1 is 1.14 bits per heavy atom. The van der Waals surface area contributed by atoms with Gasteiger partial charge in [0.2, 0.25) is 16.0 Å². The Morgan fingerprint density at radius 3 is 2.50 bits per heavy atom. The zero-order valence-electron chi connectivity index (χ0n) is 19.5. The van der Waals surface area contributed by atoms with Crippen molar-refractivity contribution in [3.63, 3.8) is 0 Å². The van der Waals surface area contributed by atoms with Crippen LogP contribution in [0.25, 0.3) is 16.9 Å². The van der Waals surface area contributed by atoms with Gasteiger partial charge < -0.3 is 10.6 Å². The summed E-state index contributed by atoms with van der Waals surface area (Å²) in [5.74, 6) is 0.408. The number of piperidine rings is 1. The largest absolute Gasteiger partial charge is 0.351 e. The molecule has 9 nitrogen and oxygen atoms in total. The molecule has 36 heavy (non-hydrogen) atoms. The summed E-state index contributed by atoms with van der Waals surface area (Å²) in [4.78, 5) is 8.86. The van der Waals surface area contributed by atoms with Gasteiger partial charge in [-0.1, -0.05) is 34.5 Å². The summed E-state index contributed by atoms with van der Waals surface area (Å²) in [5, 5.41) is 9.83. The molecule has 0 aliphatic carbocycles. The van der Waals surface area contributed by atoms with E-state index in [0.717, 1.165) is 5.56 Å². The van der Waals surface area contributed by atoms with E-state index in [1.165, 1.54) is 16.8 Å². The molecule has 0 saturated carbocycles. The molecule has 4 rings (SSSR count). The van der Waals surface area contributed by atoms with Crippen molar-refractivity contribution in [3.05, 3.63) is 52.4 Å². The molecule has 2 N–H and O–H groups in total. The molecule has 0 atom stereocenters. The van der Waals surface area contributed by atoms with Crippen LogP contribution < -0.4 is 10.6 Å². The maximum absolute atomic E-state index is 11.7. The van der Waals surface area contributed by atoms with Crippen molar-refractivity contribution in [2.24, 2.45) is 0 Å². The maximum atomic E-state index is 11.7. The van der Waals surface area contributed by atoms with Crippen molar-refractivity contribution < 1.29 is 8.42 Å². The first-order chi connectivity index (χ1) is 16.9. The van der Waals surface area contributed by atoms with Crippen LogP contribution in [0.15, 0.2) is 36.8 Å². The lowest BCUT2D eigenvalue weighted by molar-refractivity contribution is 0.331. The molecule has 0 spiro atoms. The fourth-order valence-corrected chi connectivity index (χ4v) is 5.20. The highest BCUT2D eigenvalue weighted by Crippen LogP contribution is 2.29. The minimum absolute atomic E-state index is 0.0505. The summed E-state index contributed by atoms with van der Waals surface area (Å²) in [6.45, 7) is 1.24. The van der Waals surface area contributed by atoms with Gasteiger partial charge in [-0.05, 0) is 30.5 Å². The second kappa shape index (κ2) is 10.7. The molecule has 1 fully saturated rings. The highest BCUT2D eigenvalue weighted by molar-refractivity contribution is 7.88. The summed E-state index contributed by atoms with van der Waals surface area (Å²) < 4.78 is 26.6. The van der Waals surface area contributed by atoms with Crippen molar-refractivity contribution in [2.45, 2.75) is 30.7 Å². The topological polar surface area (TPSA) is 105 Å². The Hall–Kier alpha value is -2.05. The van der Waals surface area contributed by atoms with E-state index in [2.05, 4.69) is 25.7 Å². The van der Waals surface area contributed by atoms with E-state index in [-0.39, 0.29) is 6.04 Å². The van der Waals surface area contributed by atoms with E-state index < -0.39 is 15.3 Å². The van der Waals surface area contributed by atoms with Gasteiger partial charge in [0, 0.05) is 37.4 Å². The van der Waals surface area contributed by atoms with Gasteiger partial charge >= 0.3 is 0 Å².